The molecular weight excluding hydrogens is 344 g/mol. The molecule has 8 heteroatoms. The van der Waals surface area contributed by atoms with E-state index in [-0.39, 0.29) is 18.1 Å². The second-order valence-corrected chi connectivity index (χ2v) is 7.48. The van der Waals surface area contributed by atoms with Gasteiger partial charge in [0.1, 0.15) is 11.9 Å². The van der Waals surface area contributed by atoms with E-state index in [1.165, 1.54) is 18.1 Å². The summed E-state index contributed by atoms with van der Waals surface area (Å²) in [6, 6.07) is -0.0587. The normalized spacial score (nSPS) is 22.1. The Bertz CT molecular complexity index is 900. The number of carbonyl (C=O) groups is 1. The number of likely N-dealkylation sites (N-methyl/N-ethyl adjacent to an activating group) is 1. The van der Waals surface area contributed by atoms with Crippen LogP contribution in [-0.4, -0.2) is 65.2 Å². The number of hydrogen-bond donors (Lipinski definition) is 2. The Morgan fingerprint density at radius 2 is 2.04 bits per heavy atom. The van der Waals surface area contributed by atoms with Crippen molar-refractivity contribution < 1.29 is 9.53 Å². The van der Waals surface area contributed by atoms with Gasteiger partial charge in [0.15, 0.2) is 5.65 Å². The Labute approximate surface area is 158 Å². The topological polar surface area (TPSA) is 92.3 Å². The molecule has 144 valence electrons. The highest BCUT2D eigenvalue weighted by molar-refractivity contribution is 5.91. The number of pyridine rings is 1. The van der Waals surface area contributed by atoms with Crippen LogP contribution in [0.25, 0.3) is 11.0 Å². The monoisotopic (exact) mass is 370 g/mol. The maximum absolute atomic E-state index is 11.4. The summed E-state index contributed by atoms with van der Waals surface area (Å²) in [6.45, 7) is 5.02. The number of esters is 1. The lowest BCUT2D eigenvalue weighted by atomic mass is 10.1. The molecule has 2 N–H and O–H groups in total. The van der Waals surface area contributed by atoms with Crippen molar-refractivity contribution in [3.05, 3.63) is 16.8 Å². The number of hydrogen-bond acceptors (Lipinski definition) is 8. The van der Waals surface area contributed by atoms with Gasteiger partial charge < -0.3 is 20.3 Å². The third-order valence-corrected chi connectivity index (χ3v) is 5.46. The molecule has 1 aliphatic heterocycles. The number of nitrogens with one attached hydrogen (secondary N) is 2. The van der Waals surface area contributed by atoms with Gasteiger partial charge in [0.25, 0.3) is 0 Å². The van der Waals surface area contributed by atoms with Crippen molar-refractivity contribution in [2.75, 3.05) is 37.8 Å². The van der Waals surface area contributed by atoms with E-state index in [0.717, 1.165) is 42.7 Å². The Morgan fingerprint density at radius 1 is 1.22 bits per heavy atom. The highest BCUT2D eigenvalue weighted by atomic mass is 16.5. The number of anilines is 2. The largest absolute Gasteiger partial charge is 0.459 e. The highest BCUT2D eigenvalue weighted by Gasteiger charge is 2.34. The summed E-state index contributed by atoms with van der Waals surface area (Å²) in [5, 5.41) is 7.54. The molecule has 1 fully saturated rings. The van der Waals surface area contributed by atoms with Gasteiger partial charge in [-0.2, -0.15) is 9.97 Å². The molecule has 0 unspecified atom stereocenters. The number of aromatic nitrogens is 3. The zero-order valence-corrected chi connectivity index (χ0v) is 16.3. The van der Waals surface area contributed by atoms with E-state index in [2.05, 4.69) is 27.4 Å². The lowest BCUT2D eigenvalue weighted by Gasteiger charge is -2.20. The second-order valence-electron chi connectivity index (χ2n) is 7.48. The Balaban J connectivity index is 1.70. The fourth-order valence-corrected chi connectivity index (χ4v) is 4.25. The van der Waals surface area contributed by atoms with Gasteiger partial charge in [-0.3, -0.25) is 4.79 Å². The maximum atomic E-state index is 11.4. The molecule has 0 radical (unpaired) electrons. The molecule has 2 aliphatic rings. The van der Waals surface area contributed by atoms with Gasteiger partial charge >= 0.3 is 5.97 Å². The van der Waals surface area contributed by atoms with Crippen LogP contribution in [-0.2, 0) is 22.4 Å². The van der Waals surface area contributed by atoms with Gasteiger partial charge in [-0.05, 0) is 44.4 Å². The third-order valence-electron chi connectivity index (χ3n) is 5.46. The minimum absolute atomic E-state index is 0.0587. The zero-order chi connectivity index (χ0) is 19.1. The van der Waals surface area contributed by atoms with Crippen LogP contribution < -0.4 is 10.6 Å². The van der Waals surface area contributed by atoms with Crippen molar-refractivity contribution in [2.45, 2.75) is 45.3 Å². The fraction of sp³-hybridized carbons (Fsp3) is 0.579. The van der Waals surface area contributed by atoms with Crippen molar-refractivity contribution in [1.29, 1.82) is 0 Å². The van der Waals surface area contributed by atoms with E-state index in [1.807, 2.05) is 14.1 Å². The van der Waals surface area contributed by atoms with Crippen molar-refractivity contribution in [3.63, 3.8) is 0 Å². The molecule has 3 heterocycles. The number of fused-ring (bicyclic) bond motifs is 2. The van der Waals surface area contributed by atoms with E-state index in [0.29, 0.717) is 18.1 Å². The number of carbonyl (C=O) groups excluding carboxylic acids is 1. The number of aryl methyl sites for hydroxylation is 2. The van der Waals surface area contributed by atoms with Crippen molar-refractivity contribution in [2.24, 2.45) is 0 Å². The number of nitrogens with zero attached hydrogens (tertiary/aromatic N) is 4. The first-order valence-electron chi connectivity index (χ1n) is 9.46. The third kappa shape index (κ3) is 3.29. The zero-order valence-electron chi connectivity index (χ0n) is 16.3. The SMILES string of the molecule is CNc1nc(N[C@H]2CN(C)C[C@@H]2OC(C)=O)nc2nc3c(c(C)c12)CCC3. The first-order valence-corrected chi connectivity index (χ1v) is 9.46. The summed E-state index contributed by atoms with van der Waals surface area (Å²) < 4.78 is 5.46. The molecule has 1 aliphatic carbocycles. The molecule has 0 aromatic carbocycles. The molecule has 1 saturated heterocycles. The molecule has 27 heavy (non-hydrogen) atoms. The maximum Gasteiger partial charge on any atom is 0.303 e. The molecule has 0 saturated carbocycles. The van der Waals surface area contributed by atoms with E-state index >= 15 is 0 Å². The number of ether oxygens (including phenoxy) is 1. The van der Waals surface area contributed by atoms with Crippen LogP contribution in [0.1, 0.15) is 30.2 Å². The van der Waals surface area contributed by atoms with Crippen LogP contribution in [0.3, 0.4) is 0 Å². The van der Waals surface area contributed by atoms with Crippen LogP contribution in [0.5, 0.6) is 0 Å². The van der Waals surface area contributed by atoms with E-state index in [9.17, 15) is 4.79 Å². The average Bonchev–Trinajstić information content (AvgIpc) is 3.20. The van der Waals surface area contributed by atoms with Crippen LogP contribution in [0, 0.1) is 6.92 Å². The van der Waals surface area contributed by atoms with Gasteiger partial charge in [0.05, 0.1) is 11.4 Å². The summed E-state index contributed by atoms with van der Waals surface area (Å²) in [5.41, 5.74) is 4.44. The summed E-state index contributed by atoms with van der Waals surface area (Å²) in [5.74, 6) is 1.01. The fourth-order valence-electron chi connectivity index (χ4n) is 4.25. The number of likely N-dealkylation sites (tertiary alicyclic amines) is 1. The van der Waals surface area contributed by atoms with Crippen molar-refractivity contribution >= 4 is 28.8 Å². The summed E-state index contributed by atoms with van der Waals surface area (Å²) >= 11 is 0. The minimum Gasteiger partial charge on any atom is -0.459 e. The first kappa shape index (κ1) is 17.9. The average molecular weight is 370 g/mol. The number of rotatable bonds is 4. The molecule has 8 nitrogen and oxygen atoms in total. The lowest BCUT2D eigenvalue weighted by molar-refractivity contribution is -0.145. The standard InChI is InChI=1S/C19H26N6O2/c1-10-12-6-5-7-13(12)21-18-16(10)17(20-3)23-19(24-18)22-14-8-25(4)9-15(14)27-11(2)26/h14-15H,5-9H2,1-4H3,(H2,20,21,22,23,24)/t14-,15-/m0/s1. The molecule has 4 rings (SSSR count). The predicted molar refractivity (Wildman–Crippen MR) is 104 cm³/mol. The molecule has 2 aromatic rings. The van der Waals surface area contributed by atoms with E-state index < -0.39 is 0 Å². The Kier molecular flexibility index (Phi) is 4.59. The molecule has 0 spiro atoms. The minimum atomic E-state index is -0.273. The van der Waals surface area contributed by atoms with Crippen molar-refractivity contribution in [1.82, 2.24) is 19.9 Å². The lowest BCUT2D eigenvalue weighted by Crippen LogP contribution is -2.36. The van der Waals surface area contributed by atoms with Crippen LogP contribution in [0.4, 0.5) is 11.8 Å². The summed E-state index contributed by atoms with van der Waals surface area (Å²) in [7, 11) is 3.87. The molecule has 0 bridgehead atoms. The molecule has 2 aromatic heterocycles. The van der Waals surface area contributed by atoms with Gasteiger partial charge in [0.2, 0.25) is 5.95 Å². The smallest absolute Gasteiger partial charge is 0.303 e. The van der Waals surface area contributed by atoms with Gasteiger partial charge in [-0.1, -0.05) is 0 Å². The molecular formula is C19H26N6O2. The summed E-state index contributed by atoms with van der Waals surface area (Å²) in [4.78, 5) is 27.7. The van der Waals surface area contributed by atoms with Crippen LogP contribution in [0.15, 0.2) is 0 Å². The van der Waals surface area contributed by atoms with Gasteiger partial charge in [-0.15, -0.1) is 0 Å². The van der Waals surface area contributed by atoms with E-state index in [4.69, 9.17) is 14.7 Å². The first-order chi connectivity index (χ1) is 13.0. The van der Waals surface area contributed by atoms with Crippen LogP contribution in [0.2, 0.25) is 0 Å². The second kappa shape index (κ2) is 6.92. The quantitative estimate of drug-likeness (QED) is 0.783. The molecule has 2 atom stereocenters. The van der Waals surface area contributed by atoms with Gasteiger partial charge in [-0.25, -0.2) is 4.98 Å². The Hall–Kier alpha value is -2.48. The predicted octanol–water partition coefficient (Wildman–Crippen LogP) is 1.52. The van der Waals surface area contributed by atoms with Crippen LogP contribution >= 0.6 is 0 Å². The van der Waals surface area contributed by atoms with E-state index in [1.54, 1.807) is 0 Å². The van der Waals surface area contributed by atoms with Gasteiger partial charge in [0, 0.05) is 32.8 Å². The summed E-state index contributed by atoms with van der Waals surface area (Å²) in [6.07, 6.45) is 3.01. The van der Waals surface area contributed by atoms with Crippen molar-refractivity contribution in [3.8, 4) is 0 Å². The molecule has 0 amide bonds. The highest BCUT2D eigenvalue weighted by Crippen LogP contribution is 2.32. The Morgan fingerprint density at radius 3 is 2.78 bits per heavy atom.